The second kappa shape index (κ2) is 3.95. The van der Waals surface area contributed by atoms with Crippen molar-refractivity contribution >= 4 is 5.78 Å². The maximum atomic E-state index is 12.4. The topological polar surface area (TPSA) is 29.1 Å². The minimum Gasteiger partial charge on any atom is -0.304 e. The van der Waals surface area contributed by atoms with Crippen LogP contribution >= 0.6 is 0 Å². The molecule has 1 saturated carbocycles. The van der Waals surface area contributed by atoms with Crippen molar-refractivity contribution in [1.29, 1.82) is 0 Å². The highest BCUT2D eigenvalue weighted by molar-refractivity contribution is 6.02. The van der Waals surface area contributed by atoms with Crippen LogP contribution in [0.2, 0.25) is 0 Å². The van der Waals surface area contributed by atoms with Crippen molar-refractivity contribution in [1.82, 2.24) is 5.32 Å². The summed E-state index contributed by atoms with van der Waals surface area (Å²) in [5.74, 6) is 0.310. The molecule has 1 aromatic rings. The molecule has 0 aromatic heterocycles. The van der Waals surface area contributed by atoms with Crippen molar-refractivity contribution < 1.29 is 4.79 Å². The van der Waals surface area contributed by atoms with Crippen LogP contribution in [0.25, 0.3) is 0 Å². The van der Waals surface area contributed by atoms with Crippen LogP contribution in [-0.4, -0.2) is 17.9 Å². The Labute approximate surface area is 102 Å². The van der Waals surface area contributed by atoms with Gasteiger partial charge in [0, 0.05) is 11.6 Å². The van der Waals surface area contributed by atoms with E-state index in [1.807, 2.05) is 0 Å². The van der Waals surface area contributed by atoms with Gasteiger partial charge in [-0.15, -0.1) is 0 Å². The van der Waals surface area contributed by atoms with E-state index in [2.05, 4.69) is 31.3 Å². The second-order valence-electron chi connectivity index (χ2n) is 5.50. The Bertz CT molecular complexity index is 474. The number of aryl methyl sites for hydroxylation is 2. The number of fused-ring (bicyclic) bond motifs is 1. The Hall–Kier alpha value is -1.15. The Morgan fingerprint density at radius 1 is 1.18 bits per heavy atom. The lowest BCUT2D eigenvalue weighted by molar-refractivity contribution is 0.0926. The van der Waals surface area contributed by atoms with Crippen molar-refractivity contribution in [2.24, 2.45) is 0 Å². The highest BCUT2D eigenvalue weighted by Crippen LogP contribution is 2.28. The Kier molecular flexibility index (Phi) is 2.55. The number of Topliss-reactive ketones (excluding diaryl/α,β-unsaturated/α-hetero) is 1. The third-order valence-electron chi connectivity index (χ3n) is 3.90. The van der Waals surface area contributed by atoms with Crippen molar-refractivity contribution in [2.45, 2.75) is 51.6 Å². The zero-order valence-electron chi connectivity index (χ0n) is 10.5. The van der Waals surface area contributed by atoms with Gasteiger partial charge in [0.05, 0.1) is 6.04 Å². The Morgan fingerprint density at radius 3 is 2.65 bits per heavy atom. The summed E-state index contributed by atoms with van der Waals surface area (Å²) in [6.45, 7) is 4.19. The summed E-state index contributed by atoms with van der Waals surface area (Å²) in [6, 6.07) is 4.92. The van der Waals surface area contributed by atoms with Crippen LogP contribution < -0.4 is 5.32 Å². The van der Waals surface area contributed by atoms with E-state index in [1.165, 1.54) is 29.5 Å². The van der Waals surface area contributed by atoms with E-state index < -0.39 is 0 Å². The molecule has 0 saturated heterocycles. The van der Waals surface area contributed by atoms with Gasteiger partial charge in [-0.3, -0.25) is 4.79 Å². The summed E-state index contributed by atoms with van der Waals surface area (Å²) in [5.41, 5.74) is 4.71. The summed E-state index contributed by atoms with van der Waals surface area (Å²) < 4.78 is 0. The molecule has 2 aliphatic carbocycles. The van der Waals surface area contributed by atoms with Crippen LogP contribution in [0.5, 0.6) is 0 Å². The number of hydrogen-bond acceptors (Lipinski definition) is 2. The molecule has 3 rings (SSSR count). The van der Waals surface area contributed by atoms with Gasteiger partial charge in [-0.1, -0.05) is 11.6 Å². The fourth-order valence-electron chi connectivity index (χ4n) is 2.85. The number of carbonyl (C=O) groups excluding carboxylic acids is 1. The van der Waals surface area contributed by atoms with Gasteiger partial charge in [-0.2, -0.15) is 0 Å². The van der Waals surface area contributed by atoms with Gasteiger partial charge < -0.3 is 5.32 Å². The molecule has 0 heterocycles. The third kappa shape index (κ3) is 2.02. The number of ketones is 1. The molecule has 0 spiro atoms. The largest absolute Gasteiger partial charge is 0.304 e. The van der Waals surface area contributed by atoms with Crippen LogP contribution in [-0.2, 0) is 6.42 Å². The van der Waals surface area contributed by atoms with Gasteiger partial charge >= 0.3 is 0 Å². The molecule has 0 amide bonds. The monoisotopic (exact) mass is 229 g/mol. The molecule has 2 heteroatoms. The van der Waals surface area contributed by atoms with Crippen LogP contribution in [0, 0.1) is 13.8 Å². The maximum Gasteiger partial charge on any atom is 0.180 e. The third-order valence-corrected chi connectivity index (χ3v) is 3.90. The van der Waals surface area contributed by atoms with Crippen molar-refractivity contribution in [3.05, 3.63) is 34.4 Å². The molecule has 0 bridgehead atoms. The van der Waals surface area contributed by atoms with E-state index in [9.17, 15) is 4.79 Å². The molecule has 90 valence electrons. The first-order valence-corrected chi connectivity index (χ1v) is 6.55. The second-order valence-corrected chi connectivity index (χ2v) is 5.50. The minimum atomic E-state index is 0.0659. The number of hydrogen-bond donors (Lipinski definition) is 1. The zero-order valence-corrected chi connectivity index (χ0v) is 10.5. The Morgan fingerprint density at radius 2 is 1.94 bits per heavy atom. The lowest BCUT2D eigenvalue weighted by Gasteiger charge is -2.26. The fourth-order valence-corrected chi connectivity index (χ4v) is 2.85. The van der Waals surface area contributed by atoms with Gasteiger partial charge in [0.1, 0.15) is 0 Å². The average molecular weight is 229 g/mol. The molecule has 1 aromatic carbocycles. The summed E-state index contributed by atoms with van der Waals surface area (Å²) >= 11 is 0. The molecular formula is C15H19NO. The SMILES string of the molecule is Cc1cc(C)c2c(c1)C(=O)C(NC1CC1)CC2. The van der Waals surface area contributed by atoms with E-state index in [1.54, 1.807) is 0 Å². The van der Waals surface area contributed by atoms with Gasteiger partial charge in [-0.25, -0.2) is 0 Å². The van der Waals surface area contributed by atoms with Gasteiger partial charge in [0.2, 0.25) is 0 Å². The van der Waals surface area contributed by atoms with E-state index in [0.29, 0.717) is 11.8 Å². The van der Waals surface area contributed by atoms with Crippen molar-refractivity contribution in [2.75, 3.05) is 0 Å². The van der Waals surface area contributed by atoms with Gasteiger partial charge in [-0.05, 0) is 56.7 Å². The predicted molar refractivity (Wildman–Crippen MR) is 68.5 cm³/mol. The van der Waals surface area contributed by atoms with Crippen molar-refractivity contribution in [3.8, 4) is 0 Å². The lowest BCUT2D eigenvalue weighted by Crippen LogP contribution is -2.41. The molecule has 0 aliphatic heterocycles. The van der Waals surface area contributed by atoms with E-state index in [4.69, 9.17) is 0 Å². The average Bonchev–Trinajstić information content (AvgIpc) is 3.07. The molecule has 1 atom stereocenters. The highest BCUT2D eigenvalue weighted by Gasteiger charge is 2.32. The number of benzene rings is 1. The highest BCUT2D eigenvalue weighted by atomic mass is 16.1. The van der Waals surface area contributed by atoms with Gasteiger partial charge in [0.15, 0.2) is 5.78 Å². The van der Waals surface area contributed by atoms with Crippen LogP contribution in [0.4, 0.5) is 0 Å². The van der Waals surface area contributed by atoms with Crippen LogP contribution in [0.3, 0.4) is 0 Å². The quantitative estimate of drug-likeness (QED) is 0.844. The first kappa shape index (κ1) is 11.0. The molecule has 1 N–H and O–H groups in total. The number of nitrogens with one attached hydrogen (secondary N) is 1. The molecule has 17 heavy (non-hydrogen) atoms. The standard InChI is InChI=1S/C15H19NO/c1-9-7-10(2)12-5-6-14(16-11-3-4-11)15(17)13(12)8-9/h7-8,11,14,16H,3-6H2,1-2H3. The predicted octanol–water partition coefficient (Wildman–Crippen LogP) is 2.55. The fraction of sp³-hybridized carbons (Fsp3) is 0.533. The lowest BCUT2D eigenvalue weighted by atomic mass is 9.83. The van der Waals surface area contributed by atoms with E-state index in [0.717, 1.165) is 18.4 Å². The van der Waals surface area contributed by atoms with Gasteiger partial charge in [0.25, 0.3) is 0 Å². The molecule has 1 fully saturated rings. The normalized spacial score (nSPS) is 23.6. The van der Waals surface area contributed by atoms with E-state index in [-0.39, 0.29) is 6.04 Å². The van der Waals surface area contributed by atoms with Crippen LogP contribution in [0.15, 0.2) is 12.1 Å². The van der Waals surface area contributed by atoms with Crippen LogP contribution in [0.1, 0.15) is 46.3 Å². The molecular weight excluding hydrogens is 210 g/mol. The summed E-state index contributed by atoms with van der Waals surface area (Å²) in [4.78, 5) is 12.4. The molecule has 2 nitrogen and oxygen atoms in total. The summed E-state index contributed by atoms with van der Waals surface area (Å²) in [6.07, 6.45) is 4.48. The number of rotatable bonds is 2. The first-order valence-electron chi connectivity index (χ1n) is 6.55. The maximum absolute atomic E-state index is 12.4. The molecule has 0 radical (unpaired) electrons. The van der Waals surface area contributed by atoms with Crippen molar-refractivity contribution in [3.63, 3.8) is 0 Å². The minimum absolute atomic E-state index is 0.0659. The molecule has 2 aliphatic rings. The summed E-state index contributed by atoms with van der Waals surface area (Å²) in [5, 5.41) is 3.47. The zero-order chi connectivity index (χ0) is 12.0. The molecule has 1 unspecified atom stereocenters. The number of carbonyl (C=O) groups is 1. The van der Waals surface area contributed by atoms with E-state index >= 15 is 0 Å². The first-order chi connectivity index (χ1) is 8.15. The smallest absolute Gasteiger partial charge is 0.180 e. The Balaban J connectivity index is 1.92. The summed E-state index contributed by atoms with van der Waals surface area (Å²) in [7, 11) is 0.